The molecule has 2 N–H and O–H groups in total. The number of nitrogens with zero attached hydrogens (tertiary/aromatic N) is 2. The summed E-state index contributed by atoms with van der Waals surface area (Å²) in [5.41, 5.74) is 7.67. The maximum absolute atomic E-state index is 13.3. The van der Waals surface area contributed by atoms with Gasteiger partial charge < -0.3 is 10.6 Å². The second-order valence-electron chi connectivity index (χ2n) is 4.86. The molecule has 0 radical (unpaired) electrons. The first-order chi connectivity index (χ1) is 9.56. The molecular formula is C15H20FN3S. The predicted octanol–water partition coefficient (Wildman–Crippen LogP) is 4.02. The molecule has 1 aromatic carbocycles. The molecule has 0 saturated carbocycles. The Morgan fingerprint density at radius 2 is 2.20 bits per heavy atom. The van der Waals surface area contributed by atoms with Crippen LogP contribution in [0.25, 0.3) is 0 Å². The van der Waals surface area contributed by atoms with Crippen LogP contribution in [0.4, 0.5) is 15.2 Å². The topological polar surface area (TPSA) is 42.2 Å². The van der Waals surface area contributed by atoms with E-state index in [2.05, 4.69) is 13.8 Å². The maximum Gasteiger partial charge on any atom is 0.190 e. The summed E-state index contributed by atoms with van der Waals surface area (Å²) in [6.07, 6.45) is 1.03. The molecule has 0 saturated heterocycles. The first kappa shape index (κ1) is 14.9. The normalized spacial score (nSPS) is 12.4. The first-order valence-corrected chi connectivity index (χ1v) is 7.57. The van der Waals surface area contributed by atoms with Gasteiger partial charge in [0.05, 0.1) is 5.69 Å². The lowest BCUT2D eigenvalue weighted by Gasteiger charge is -2.15. The van der Waals surface area contributed by atoms with Crippen LogP contribution in [0.5, 0.6) is 0 Å². The summed E-state index contributed by atoms with van der Waals surface area (Å²) < 4.78 is 13.3. The largest absolute Gasteiger partial charge is 0.326 e. The molecule has 0 bridgehead atoms. The molecule has 2 rings (SSSR count). The molecule has 108 valence electrons. The standard InChI is InChI=1S/C15H20FN3S/c1-4-10(2)14-13(9-17)20-15(18-14)19(3)12-7-5-6-11(16)8-12/h5-8,10H,4,9,17H2,1-3H3. The number of anilines is 2. The van der Waals surface area contributed by atoms with Crippen molar-refractivity contribution < 1.29 is 4.39 Å². The fourth-order valence-electron chi connectivity index (χ4n) is 2.01. The number of nitrogens with two attached hydrogens (primary N) is 1. The van der Waals surface area contributed by atoms with Crippen molar-refractivity contribution in [2.45, 2.75) is 32.7 Å². The fourth-order valence-corrected chi connectivity index (χ4v) is 3.06. The fraction of sp³-hybridized carbons (Fsp3) is 0.400. The zero-order valence-corrected chi connectivity index (χ0v) is 12.9. The third-order valence-corrected chi connectivity index (χ3v) is 4.63. The van der Waals surface area contributed by atoms with Crippen LogP contribution in [-0.2, 0) is 6.54 Å². The minimum absolute atomic E-state index is 0.243. The monoisotopic (exact) mass is 293 g/mol. The number of halogens is 1. The van der Waals surface area contributed by atoms with Gasteiger partial charge in [-0.2, -0.15) is 0 Å². The maximum atomic E-state index is 13.3. The molecule has 1 heterocycles. The zero-order chi connectivity index (χ0) is 14.7. The van der Waals surface area contributed by atoms with E-state index >= 15 is 0 Å². The van der Waals surface area contributed by atoms with E-state index in [1.807, 2.05) is 18.0 Å². The Morgan fingerprint density at radius 1 is 1.45 bits per heavy atom. The van der Waals surface area contributed by atoms with Crippen molar-refractivity contribution in [1.82, 2.24) is 4.98 Å². The third-order valence-electron chi connectivity index (χ3n) is 3.46. The molecular weight excluding hydrogens is 273 g/mol. The van der Waals surface area contributed by atoms with E-state index in [1.54, 1.807) is 17.4 Å². The lowest BCUT2D eigenvalue weighted by molar-refractivity contribution is 0.628. The average molecular weight is 293 g/mol. The minimum Gasteiger partial charge on any atom is -0.326 e. The smallest absolute Gasteiger partial charge is 0.190 e. The summed E-state index contributed by atoms with van der Waals surface area (Å²) in [7, 11) is 1.90. The average Bonchev–Trinajstić information content (AvgIpc) is 2.89. The number of rotatable bonds is 5. The molecule has 0 fully saturated rings. The summed E-state index contributed by atoms with van der Waals surface area (Å²) in [6, 6.07) is 6.52. The van der Waals surface area contributed by atoms with Gasteiger partial charge in [-0.15, -0.1) is 0 Å². The van der Waals surface area contributed by atoms with Gasteiger partial charge in [0, 0.05) is 24.2 Å². The highest BCUT2D eigenvalue weighted by Gasteiger charge is 2.17. The van der Waals surface area contributed by atoms with Gasteiger partial charge in [-0.1, -0.05) is 31.3 Å². The molecule has 2 aromatic rings. The number of thiazole rings is 1. The Hall–Kier alpha value is -1.46. The Balaban J connectivity index is 2.35. The molecule has 5 heteroatoms. The minimum atomic E-state index is -0.243. The second kappa shape index (κ2) is 6.33. The van der Waals surface area contributed by atoms with Gasteiger partial charge >= 0.3 is 0 Å². The SMILES string of the molecule is CCC(C)c1nc(N(C)c2cccc(F)c2)sc1CN. The van der Waals surface area contributed by atoms with Crippen molar-refractivity contribution in [3.8, 4) is 0 Å². The highest BCUT2D eigenvalue weighted by atomic mass is 32.1. The summed E-state index contributed by atoms with van der Waals surface area (Å²) >= 11 is 1.58. The molecule has 3 nitrogen and oxygen atoms in total. The number of benzene rings is 1. The van der Waals surface area contributed by atoms with Crippen LogP contribution in [0.3, 0.4) is 0 Å². The van der Waals surface area contributed by atoms with Crippen molar-refractivity contribution in [1.29, 1.82) is 0 Å². The van der Waals surface area contributed by atoms with Crippen molar-refractivity contribution in [2.75, 3.05) is 11.9 Å². The van der Waals surface area contributed by atoms with Crippen LogP contribution in [-0.4, -0.2) is 12.0 Å². The van der Waals surface area contributed by atoms with Gasteiger partial charge in [-0.3, -0.25) is 0 Å². The molecule has 1 aromatic heterocycles. The van der Waals surface area contributed by atoms with Crippen molar-refractivity contribution in [3.63, 3.8) is 0 Å². The van der Waals surface area contributed by atoms with E-state index in [1.165, 1.54) is 12.1 Å². The molecule has 1 unspecified atom stereocenters. The van der Waals surface area contributed by atoms with Crippen molar-refractivity contribution in [3.05, 3.63) is 40.7 Å². The van der Waals surface area contributed by atoms with E-state index < -0.39 is 0 Å². The van der Waals surface area contributed by atoms with E-state index in [4.69, 9.17) is 10.7 Å². The van der Waals surface area contributed by atoms with Gasteiger partial charge in [0.2, 0.25) is 0 Å². The van der Waals surface area contributed by atoms with Crippen LogP contribution in [0, 0.1) is 5.82 Å². The molecule has 0 spiro atoms. The van der Waals surface area contributed by atoms with Gasteiger partial charge in [0.15, 0.2) is 5.13 Å². The molecule has 0 aliphatic rings. The molecule has 0 aliphatic carbocycles. The third kappa shape index (κ3) is 2.99. The van der Waals surface area contributed by atoms with E-state index in [9.17, 15) is 4.39 Å². The summed E-state index contributed by atoms with van der Waals surface area (Å²) in [5.74, 6) is 0.145. The highest BCUT2D eigenvalue weighted by Crippen LogP contribution is 2.34. The summed E-state index contributed by atoms with van der Waals surface area (Å²) in [6.45, 7) is 4.79. The van der Waals surface area contributed by atoms with Crippen molar-refractivity contribution in [2.24, 2.45) is 5.73 Å². The molecule has 0 aliphatic heterocycles. The Morgan fingerprint density at radius 3 is 2.80 bits per heavy atom. The number of hydrogen-bond acceptors (Lipinski definition) is 4. The Labute approximate surface area is 123 Å². The predicted molar refractivity (Wildman–Crippen MR) is 83.2 cm³/mol. The van der Waals surface area contributed by atoms with E-state index in [0.717, 1.165) is 27.8 Å². The number of hydrogen-bond donors (Lipinski definition) is 1. The van der Waals surface area contributed by atoms with Crippen LogP contribution < -0.4 is 10.6 Å². The molecule has 20 heavy (non-hydrogen) atoms. The second-order valence-corrected chi connectivity index (χ2v) is 5.92. The Bertz CT molecular complexity index is 582. The summed E-state index contributed by atoms with van der Waals surface area (Å²) in [4.78, 5) is 7.71. The van der Waals surface area contributed by atoms with Crippen LogP contribution >= 0.6 is 11.3 Å². The lowest BCUT2D eigenvalue weighted by atomic mass is 10.0. The number of aromatic nitrogens is 1. The van der Waals surface area contributed by atoms with Gasteiger partial charge in [0.1, 0.15) is 5.82 Å². The lowest BCUT2D eigenvalue weighted by Crippen LogP contribution is -2.09. The quantitative estimate of drug-likeness (QED) is 0.905. The summed E-state index contributed by atoms with van der Waals surface area (Å²) in [5, 5.41) is 0.853. The zero-order valence-electron chi connectivity index (χ0n) is 12.1. The van der Waals surface area contributed by atoms with E-state index in [-0.39, 0.29) is 5.82 Å². The van der Waals surface area contributed by atoms with Gasteiger partial charge in [0.25, 0.3) is 0 Å². The molecule has 1 atom stereocenters. The van der Waals surface area contributed by atoms with Gasteiger partial charge in [-0.25, -0.2) is 9.37 Å². The Kier molecular flexibility index (Phi) is 4.73. The molecule has 0 amide bonds. The van der Waals surface area contributed by atoms with Crippen molar-refractivity contribution >= 4 is 22.2 Å². The van der Waals surface area contributed by atoms with Crippen LogP contribution in [0.15, 0.2) is 24.3 Å². The van der Waals surface area contributed by atoms with E-state index in [0.29, 0.717) is 12.5 Å². The highest BCUT2D eigenvalue weighted by molar-refractivity contribution is 7.15. The van der Waals surface area contributed by atoms with Crippen LogP contribution in [0.1, 0.15) is 36.8 Å². The first-order valence-electron chi connectivity index (χ1n) is 6.75. The van der Waals surface area contributed by atoms with Gasteiger partial charge in [-0.05, 0) is 30.5 Å². The van der Waals surface area contributed by atoms with Crippen LogP contribution in [0.2, 0.25) is 0 Å².